The van der Waals surface area contributed by atoms with Crippen LogP contribution in [0.5, 0.6) is 0 Å². The van der Waals surface area contributed by atoms with Crippen molar-refractivity contribution in [1.82, 2.24) is 14.9 Å². The first-order chi connectivity index (χ1) is 8.08. The molecule has 0 spiro atoms. The number of aryl methyl sites for hydroxylation is 1. The smallest absolute Gasteiger partial charge is 0.223 e. The third-order valence-electron chi connectivity index (χ3n) is 3.12. The van der Waals surface area contributed by atoms with Crippen LogP contribution in [0.1, 0.15) is 31.3 Å². The number of hydrogen-bond donors (Lipinski definition) is 1. The van der Waals surface area contributed by atoms with Crippen LogP contribution in [0.3, 0.4) is 0 Å². The van der Waals surface area contributed by atoms with Crippen LogP contribution in [0.2, 0.25) is 0 Å². The summed E-state index contributed by atoms with van der Waals surface area (Å²) in [5, 5.41) is 0. The second kappa shape index (κ2) is 4.69. The van der Waals surface area contributed by atoms with Gasteiger partial charge in [-0.25, -0.2) is 9.97 Å². The summed E-state index contributed by atoms with van der Waals surface area (Å²) >= 11 is 0. The number of hydrogen-bond acceptors (Lipinski definition) is 4. The molecule has 1 aromatic heterocycles. The third kappa shape index (κ3) is 2.72. The monoisotopic (exact) mass is 234 g/mol. The molecule has 92 valence electrons. The molecule has 5 nitrogen and oxygen atoms in total. The number of amides is 1. The molecule has 0 aromatic carbocycles. The Hall–Kier alpha value is -1.65. The van der Waals surface area contributed by atoms with Gasteiger partial charge in [-0.2, -0.15) is 0 Å². The lowest BCUT2D eigenvalue weighted by atomic mass is 10.1. The number of likely N-dealkylation sites (tertiary alicyclic amines) is 1. The van der Waals surface area contributed by atoms with E-state index >= 15 is 0 Å². The molecule has 1 atom stereocenters. The van der Waals surface area contributed by atoms with Crippen LogP contribution in [-0.2, 0) is 11.3 Å². The van der Waals surface area contributed by atoms with E-state index < -0.39 is 0 Å². The second-order valence-electron chi connectivity index (χ2n) is 4.60. The number of carbonyl (C=O) groups excluding carboxylic acids is 1. The number of anilines is 1. The Kier molecular flexibility index (Phi) is 3.26. The number of carbonyl (C=O) groups is 1. The molecule has 1 aromatic rings. The normalized spacial score (nSPS) is 20.0. The van der Waals surface area contributed by atoms with Gasteiger partial charge in [0.15, 0.2) is 0 Å². The molecule has 17 heavy (non-hydrogen) atoms. The molecule has 0 bridgehead atoms. The van der Waals surface area contributed by atoms with Gasteiger partial charge in [-0.05, 0) is 12.8 Å². The summed E-state index contributed by atoms with van der Waals surface area (Å²) in [5.41, 5.74) is 6.51. The molecule has 5 heteroatoms. The molecule has 1 amide bonds. The maximum atomic E-state index is 11.8. The van der Waals surface area contributed by atoms with E-state index in [0.717, 1.165) is 18.7 Å². The summed E-state index contributed by atoms with van der Waals surface area (Å²) in [6, 6.07) is 1.73. The fourth-order valence-electron chi connectivity index (χ4n) is 2.18. The Bertz CT molecular complexity index is 412. The van der Waals surface area contributed by atoms with Crippen LogP contribution < -0.4 is 5.73 Å². The van der Waals surface area contributed by atoms with Gasteiger partial charge in [-0.15, -0.1) is 0 Å². The van der Waals surface area contributed by atoms with Gasteiger partial charge in [0.2, 0.25) is 5.91 Å². The van der Waals surface area contributed by atoms with Gasteiger partial charge in [-0.3, -0.25) is 4.79 Å². The maximum absolute atomic E-state index is 11.8. The Balaban J connectivity index is 2.08. The Morgan fingerprint density at radius 1 is 1.53 bits per heavy atom. The summed E-state index contributed by atoms with van der Waals surface area (Å²) in [6.45, 7) is 5.28. The van der Waals surface area contributed by atoms with Crippen molar-refractivity contribution in [2.75, 3.05) is 12.3 Å². The van der Waals surface area contributed by atoms with Gasteiger partial charge in [0.05, 0.1) is 6.54 Å². The molecule has 1 unspecified atom stereocenters. The largest absolute Gasteiger partial charge is 0.384 e. The van der Waals surface area contributed by atoms with Crippen molar-refractivity contribution in [3.05, 3.63) is 17.6 Å². The molecular formula is C12H18N4O. The van der Waals surface area contributed by atoms with Gasteiger partial charge in [0.1, 0.15) is 11.6 Å². The minimum atomic E-state index is 0.195. The molecule has 2 rings (SSSR count). The average molecular weight is 234 g/mol. The topological polar surface area (TPSA) is 72.1 Å². The highest BCUT2D eigenvalue weighted by molar-refractivity contribution is 5.78. The van der Waals surface area contributed by atoms with Crippen LogP contribution in [0, 0.1) is 12.8 Å². The van der Waals surface area contributed by atoms with Crippen LogP contribution in [0.15, 0.2) is 6.07 Å². The quantitative estimate of drug-likeness (QED) is 0.850. The Labute approximate surface area is 101 Å². The van der Waals surface area contributed by atoms with E-state index in [2.05, 4.69) is 16.9 Å². The lowest BCUT2D eigenvalue weighted by Gasteiger charge is -2.15. The van der Waals surface area contributed by atoms with E-state index in [-0.39, 0.29) is 5.91 Å². The van der Waals surface area contributed by atoms with Crippen molar-refractivity contribution < 1.29 is 4.79 Å². The summed E-state index contributed by atoms with van der Waals surface area (Å²) in [4.78, 5) is 22.0. The molecule has 1 aliphatic heterocycles. The number of nitrogen functional groups attached to an aromatic ring is 1. The molecule has 1 aliphatic rings. The lowest BCUT2D eigenvalue weighted by molar-refractivity contribution is -0.128. The van der Waals surface area contributed by atoms with Gasteiger partial charge < -0.3 is 10.6 Å². The molecule has 0 radical (unpaired) electrons. The zero-order chi connectivity index (χ0) is 12.4. The van der Waals surface area contributed by atoms with E-state index in [4.69, 9.17) is 5.73 Å². The Morgan fingerprint density at radius 2 is 2.29 bits per heavy atom. The lowest BCUT2D eigenvalue weighted by Crippen LogP contribution is -2.26. The second-order valence-corrected chi connectivity index (χ2v) is 4.60. The first kappa shape index (κ1) is 11.8. The van der Waals surface area contributed by atoms with Crippen molar-refractivity contribution in [2.45, 2.75) is 33.2 Å². The Morgan fingerprint density at radius 3 is 2.88 bits per heavy atom. The average Bonchev–Trinajstić information content (AvgIpc) is 2.58. The zero-order valence-corrected chi connectivity index (χ0v) is 10.3. The fourth-order valence-corrected chi connectivity index (χ4v) is 2.18. The molecule has 2 heterocycles. The molecular weight excluding hydrogens is 216 g/mol. The fraction of sp³-hybridized carbons (Fsp3) is 0.583. The summed E-state index contributed by atoms with van der Waals surface area (Å²) in [6.07, 6.45) is 1.69. The van der Waals surface area contributed by atoms with Crippen LogP contribution >= 0.6 is 0 Å². The SMILES string of the molecule is CCC1CC(=O)N(Cc2nc(C)cc(N)n2)C1. The minimum Gasteiger partial charge on any atom is -0.384 e. The predicted molar refractivity (Wildman–Crippen MR) is 65.0 cm³/mol. The summed E-state index contributed by atoms with van der Waals surface area (Å²) < 4.78 is 0. The summed E-state index contributed by atoms with van der Waals surface area (Å²) in [7, 11) is 0. The highest BCUT2D eigenvalue weighted by Crippen LogP contribution is 2.21. The predicted octanol–water partition coefficient (Wildman–Crippen LogP) is 1.13. The highest BCUT2D eigenvalue weighted by atomic mass is 16.2. The maximum Gasteiger partial charge on any atom is 0.223 e. The molecule has 1 saturated heterocycles. The van der Waals surface area contributed by atoms with Crippen molar-refractivity contribution in [2.24, 2.45) is 5.92 Å². The summed E-state index contributed by atoms with van der Waals surface area (Å²) in [5.74, 6) is 1.77. The number of nitrogens with zero attached hydrogens (tertiary/aromatic N) is 3. The molecule has 0 aliphatic carbocycles. The molecule has 0 saturated carbocycles. The van der Waals surface area contributed by atoms with Crippen molar-refractivity contribution in [3.8, 4) is 0 Å². The van der Waals surface area contributed by atoms with Gasteiger partial charge in [0.25, 0.3) is 0 Å². The molecule has 1 fully saturated rings. The van der Waals surface area contributed by atoms with Gasteiger partial charge in [0, 0.05) is 24.7 Å². The van der Waals surface area contributed by atoms with E-state index in [1.165, 1.54) is 0 Å². The van der Waals surface area contributed by atoms with Crippen LogP contribution in [0.4, 0.5) is 5.82 Å². The van der Waals surface area contributed by atoms with Gasteiger partial charge >= 0.3 is 0 Å². The van der Waals surface area contributed by atoms with Crippen LogP contribution in [-0.4, -0.2) is 27.3 Å². The van der Waals surface area contributed by atoms with Crippen molar-refractivity contribution >= 4 is 11.7 Å². The third-order valence-corrected chi connectivity index (χ3v) is 3.12. The van der Waals surface area contributed by atoms with E-state index in [1.54, 1.807) is 6.07 Å². The number of rotatable bonds is 3. The number of aromatic nitrogens is 2. The zero-order valence-electron chi connectivity index (χ0n) is 10.3. The minimum absolute atomic E-state index is 0.195. The van der Waals surface area contributed by atoms with E-state index in [0.29, 0.717) is 30.5 Å². The van der Waals surface area contributed by atoms with Crippen molar-refractivity contribution in [3.63, 3.8) is 0 Å². The van der Waals surface area contributed by atoms with E-state index in [1.807, 2.05) is 11.8 Å². The van der Waals surface area contributed by atoms with Crippen LogP contribution in [0.25, 0.3) is 0 Å². The first-order valence-corrected chi connectivity index (χ1v) is 5.96. The van der Waals surface area contributed by atoms with Crippen molar-refractivity contribution in [1.29, 1.82) is 0 Å². The van der Waals surface area contributed by atoms with E-state index in [9.17, 15) is 4.79 Å². The number of nitrogens with two attached hydrogens (primary N) is 1. The molecule has 2 N–H and O–H groups in total. The highest BCUT2D eigenvalue weighted by Gasteiger charge is 2.28. The standard InChI is InChI=1S/C12H18N4O/c1-3-9-5-12(17)16(6-9)7-11-14-8(2)4-10(13)15-11/h4,9H,3,5-7H2,1-2H3,(H2,13,14,15). The van der Waals surface area contributed by atoms with Gasteiger partial charge in [-0.1, -0.05) is 13.3 Å². The first-order valence-electron chi connectivity index (χ1n) is 5.96.